The van der Waals surface area contributed by atoms with Crippen LogP contribution in [0.2, 0.25) is 0 Å². The summed E-state index contributed by atoms with van der Waals surface area (Å²) in [7, 11) is 1.76. The molecule has 3 N–H and O–H groups in total. The van der Waals surface area contributed by atoms with Gasteiger partial charge in [0, 0.05) is 18.4 Å². The Morgan fingerprint density at radius 3 is 2.60 bits per heavy atom. The third-order valence-corrected chi connectivity index (χ3v) is 6.06. The SMILES string of the molecule is COC1CCC(C2(O)C(N)=NC3CCC(Cl)CC32)CC1. The van der Waals surface area contributed by atoms with Gasteiger partial charge in [-0.25, -0.2) is 0 Å². The molecule has 5 heteroatoms. The largest absolute Gasteiger partial charge is 0.385 e. The number of nitrogens with two attached hydrogens (primary N) is 1. The van der Waals surface area contributed by atoms with Gasteiger partial charge >= 0.3 is 0 Å². The highest BCUT2D eigenvalue weighted by Gasteiger charge is 2.56. The van der Waals surface area contributed by atoms with Crippen LogP contribution in [0.4, 0.5) is 0 Å². The van der Waals surface area contributed by atoms with E-state index < -0.39 is 5.60 Å². The second-order valence-corrected chi connectivity index (χ2v) is 7.25. The van der Waals surface area contributed by atoms with E-state index in [1.807, 2.05) is 0 Å². The molecule has 3 aliphatic rings. The van der Waals surface area contributed by atoms with Gasteiger partial charge in [-0.05, 0) is 50.9 Å². The summed E-state index contributed by atoms with van der Waals surface area (Å²) < 4.78 is 5.42. The highest BCUT2D eigenvalue weighted by molar-refractivity contribution is 6.20. The van der Waals surface area contributed by atoms with Gasteiger partial charge in [0.1, 0.15) is 11.4 Å². The molecular weight excluding hydrogens is 276 g/mol. The number of aliphatic hydroxyl groups is 1. The molecule has 0 aromatic carbocycles. The molecule has 0 bridgehead atoms. The van der Waals surface area contributed by atoms with Crippen LogP contribution in [0.1, 0.15) is 44.9 Å². The van der Waals surface area contributed by atoms with Crippen LogP contribution >= 0.6 is 11.6 Å². The lowest BCUT2D eigenvalue weighted by Crippen LogP contribution is -2.55. The van der Waals surface area contributed by atoms with Gasteiger partial charge in [-0.15, -0.1) is 11.6 Å². The summed E-state index contributed by atoms with van der Waals surface area (Å²) in [5, 5.41) is 11.5. The molecule has 4 atom stereocenters. The molecule has 1 aliphatic heterocycles. The Bertz CT molecular complexity index is 395. The third-order valence-electron chi connectivity index (χ3n) is 5.66. The maximum absolute atomic E-state index is 11.3. The lowest BCUT2D eigenvalue weighted by molar-refractivity contribution is -0.0480. The highest BCUT2D eigenvalue weighted by Crippen LogP contribution is 2.48. The predicted molar refractivity (Wildman–Crippen MR) is 80.1 cm³/mol. The standard InChI is InChI=1S/C15H25ClN2O2/c1-20-11-5-2-9(3-6-11)15(19)12-8-10(16)4-7-13(12)18-14(15)17/h9-13,19H,2-8H2,1H3,(H2,17,18). The Balaban J connectivity index is 1.78. The first-order chi connectivity index (χ1) is 9.55. The first kappa shape index (κ1) is 14.6. The van der Waals surface area contributed by atoms with Crippen molar-refractivity contribution in [2.75, 3.05) is 7.11 Å². The molecule has 4 unspecified atom stereocenters. The van der Waals surface area contributed by atoms with E-state index in [-0.39, 0.29) is 23.3 Å². The Morgan fingerprint density at radius 1 is 1.25 bits per heavy atom. The van der Waals surface area contributed by atoms with E-state index in [2.05, 4.69) is 4.99 Å². The topological polar surface area (TPSA) is 67.8 Å². The summed E-state index contributed by atoms with van der Waals surface area (Å²) in [5.41, 5.74) is 5.21. The smallest absolute Gasteiger partial charge is 0.129 e. The number of amidine groups is 1. The van der Waals surface area contributed by atoms with Crippen molar-refractivity contribution in [3.8, 4) is 0 Å². The molecule has 0 spiro atoms. The number of fused-ring (bicyclic) bond motifs is 1. The van der Waals surface area contributed by atoms with Crippen LogP contribution in [0.25, 0.3) is 0 Å². The van der Waals surface area contributed by atoms with Crippen molar-refractivity contribution in [3.05, 3.63) is 0 Å². The fourth-order valence-corrected chi connectivity index (χ4v) is 4.77. The molecule has 2 saturated carbocycles. The van der Waals surface area contributed by atoms with E-state index in [9.17, 15) is 5.11 Å². The van der Waals surface area contributed by atoms with Crippen molar-refractivity contribution < 1.29 is 9.84 Å². The van der Waals surface area contributed by atoms with E-state index in [0.717, 1.165) is 44.9 Å². The van der Waals surface area contributed by atoms with Gasteiger partial charge in [-0.2, -0.15) is 0 Å². The van der Waals surface area contributed by atoms with Gasteiger partial charge in [0.2, 0.25) is 0 Å². The summed E-state index contributed by atoms with van der Waals surface area (Å²) in [5.74, 6) is 0.775. The van der Waals surface area contributed by atoms with E-state index in [1.165, 1.54) is 0 Å². The summed E-state index contributed by atoms with van der Waals surface area (Å²) in [6.07, 6.45) is 7.01. The minimum atomic E-state index is -0.934. The first-order valence-corrected chi connectivity index (χ1v) is 8.22. The highest BCUT2D eigenvalue weighted by atomic mass is 35.5. The van der Waals surface area contributed by atoms with Crippen molar-refractivity contribution >= 4 is 17.4 Å². The summed E-state index contributed by atoms with van der Waals surface area (Å²) in [6, 6.07) is 0.176. The van der Waals surface area contributed by atoms with Crippen LogP contribution in [0.3, 0.4) is 0 Å². The van der Waals surface area contributed by atoms with E-state index in [4.69, 9.17) is 22.1 Å². The number of methoxy groups -OCH3 is 1. The van der Waals surface area contributed by atoms with E-state index >= 15 is 0 Å². The number of aliphatic imine (C=N–C) groups is 1. The average molecular weight is 301 g/mol. The van der Waals surface area contributed by atoms with Crippen LogP contribution in [0.5, 0.6) is 0 Å². The van der Waals surface area contributed by atoms with Gasteiger partial charge in [-0.1, -0.05) is 0 Å². The molecule has 0 aromatic heterocycles. The zero-order chi connectivity index (χ0) is 14.3. The normalized spacial score (nSPS) is 48.8. The second-order valence-electron chi connectivity index (χ2n) is 6.63. The monoisotopic (exact) mass is 300 g/mol. The van der Waals surface area contributed by atoms with Crippen LogP contribution in [-0.2, 0) is 4.74 Å². The summed E-state index contributed by atoms with van der Waals surface area (Å²) >= 11 is 6.32. The maximum atomic E-state index is 11.3. The molecule has 20 heavy (non-hydrogen) atoms. The molecule has 0 amide bonds. The maximum Gasteiger partial charge on any atom is 0.129 e. The van der Waals surface area contributed by atoms with Crippen LogP contribution < -0.4 is 5.73 Å². The van der Waals surface area contributed by atoms with Crippen molar-refractivity contribution in [2.45, 2.75) is 68.1 Å². The number of alkyl halides is 1. The van der Waals surface area contributed by atoms with Crippen molar-refractivity contribution in [1.82, 2.24) is 0 Å². The van der Waals surface area contributed by atoms with Gasteiger partial charge in [0.05, 0.1) is 12.1 Å². The number of ether oxygens (including phenoxy) is 1. The fraction of sp³-hybridized carbons (Fsp3) is 0.933. The van der Waals surface area contributed by atoms with E-state index in [0.29, 0.717) is 11.9 Å². The summed E-state index contributed by atoms with van der Waals surface area (Å²) in [4.78, 5) is 4.57. The van der Waals surface area contributed by atoms with Crippen molar-refractivity contribution in [2.24, 2.45) is 22.6 Å². The quantitative estimate of drug-likeness (QED) is 0.767. The molecule has 114 valence electrons. The average Bonchev–Trinajstić information content (AvgIpc) is 2.72. The second kappa shape index (κ2) is 5.47. The minimum absolute atomic E-state index is 0.114. The number of rotatable bonds is 2. The van der Waals surface area contributed by atoms with E-state index in [1.54, 1.807) is 7.11 Å². The minimum Gasteiger partial charge on any atom is -0.385 e. The lowest BCUT2D eigenvalue weighted by Gasteiger charge is -2.44. The van der Waals surface area contributed by atoms with Crippen LogP contribution in [0.15, 0.2) is 4.99 Å². The number of hydrogen-bond donors (Lipinski definition) is 2. The zero-order valence-corrected chi connectivity index (χ0v) is 12.9. The van der Waals surface area contributed by atoms with Gasteiger partial charge in [0.15, 0.2) is 0 Å². The van der Waals surface area contributed by atoms with Gasteiger partial charge in [0.25, 0.3) is 0 Å². The van der Waals surface area contributed by atoms with Crippen molar-refractivity contribution in [1.29, 1.82) is 0 Å². The van der Waals surface area contributed by atoms with Gasteiger partial charge < -0.3 is 15.6 Å². The molecular formula is C15H25ClN2O2. The predicted octanol–water partition coefficient (Wildman–Crippen LogP) is 2.07. The van der Waals surface area contributed by atoms with Crippen LogP contribution in [-0.4, -0.2) is 41.2 Å². The molecule has 3 rings (SSSR count). The lowest BCUT2D eigenvalue weighted by atomic mass is 9.66. The summed E-state index contributed by atoms with van der Waals surface area (Å²) in [6.45, 7) is 0. The zero-order valence-electron chi connectivity index (χ0n) is 12.1. The van der Waals surface area contributed by atoms with Crippen molar-refractivity contribution in [3.63, 3.8) is 0 Å². The molecule has 0 aromatic rings. The molecule has 0 radical (unpaired) electrons. The Hall–Kier alpha value is -0.320. The third kappa shape index (κ3) is 2.26. The van der Waals surface area contributed by atoms with Gasteiger partial charge in [-0.3, -0.25) is 4.99 Å². The Labute approximate surface area is 125 Å². The number of hydrogen-bond acceptors (Lipinski definition) is 4. The molecule has 2 aliphatic carbocycles. The number of halogens is 1. The molecule has 1 heterocycles. The first-order valence-electron chi connectivity index (χ1n) is 7.78. The van der Waals surface area contributed by atoms with Crippen LogP contribution in [0, 0.1) is 11.8 Å². The Morgan fingerprint density at radius 2 is 1.95 bits per heavy atom. The molecule has 0 saturated heterocycles. The Kier molecular flexibility index (Phi) is 3.99. The fourth-order valence-electron chi connectivity index (χ4n) is 4.45. The number of nitrogens with zero attached hydrogens (tertiary/aromatic N) is 1. The molecule has 4 nitrogen and oxygen atoms in total. The molecule has 2 fully saturated rings.